The lowest BCUT2D eigenvalue weighted by atomic mass is 10.0. The summed E-state index contributed by atoms with van der Waals surface area (Å²) < 4.78 is 2.40. The standard InChI is InChI=1S/C19H20N4O.C4H4O4/c1-12-15(21-11-20-12)10-22-9-7-16-17(19(22)24)14-6-2-4-13-5-3-8-23(16)18(13)14;5-3(6)1-2-4(7)8/h2,4,6,11H,3,5,7-10H2,1H3,(H,20,21);1-2H,(H,5,6)(H,7,8)/b;2-1-. The number of imidazole rings is 1. The third-order valence-electron chi connectivity index (χ3n) is 5.86. The van der Waals surface area contributed by atoms with Crippen LogP contribution in [-0.2, 0) is 35.5 Å². The van der Waals surface area contributed by atoms with Gasteiger partial charge in [-0.15, -0.1) is 0 Å². The Morgan fingerprint density at radius 3 is 2.56 bits per heavy atom. The van der Waals surface area contributed by atoms with Crippen LogP contribution >= 0.6 is 0 Å². The number of aliphatic carboxylic acids is 2. The van der Waals surface area contributed by atoms with E-state index < -0.39 is 11.9 Å². The predicted molar refractivity (Wildman–Crippen MR) is 116 cm³/mol. The summed E-state index contributed by atoms with van der Waals surface area (Å²) in [6.07, 6.45) is 6.02. The highest BCUT2D eigenvalue weighted by atomic mass is 16.4. The van der Waals surface area contributed by atoms with Gasteiger partial charge in [0.2, 0.25) is 0 Å². The largest absolute Gasteiger partial charge is 0.478 e. The smallest absolute Gasteiger partial charge is 0.328 e. The molecule has 0 saturated heterocycles. The number of para-hydroxylation sites is 1. The summed E-state index contributed by atoms with van der Waals surface area (Å²) in [4.78, 5) is 41.7. The first-order valence-corrected chi connectivity index (χ1v) is 10.4. The van der Waals surface area contributed by atoms with Gasteiger partial charge in [0.25, 0.3) is 5.91 Å². The van der Waals surface area contributed by atoms with Crippen LogP contribution in [0, 0.1) is 6.92 Å². The van der Waals surface area contributed by atoms with Gasteiger partial charge in [0, 0.05) is 48.4 Å². The van der Waals surface area contributed by atoms with Crippen molar-refractivity contribution in [2.75, 3.05) is 6.54 Å². The predicted octanol–water partition coefficient (Wildman–Crippen LogP) is 2.53. The number of carboxylic acids is 2. The van der Waals surface area contributed by atoms with E-state index in [1.807, 2.05) is 11.8 Å². The second-order valence-corrected chi connectivity index (χ2v) is 7.85. The number of benzene rings is 1. The Balaban J connectivity index is 0.000000265. The number of aromatic nitrogens is 3. The van der Waals surface area contributed by atoms with Crippen LogP contribution in [-0.4, -0.2) is 54.0 Å². The highest BCUT2D eigenvalue weighted by Crippen LogP contribution is 2.36. The van der Waals surface area contributed by atoms with E-state index in [9.17, 15) is 14.4 Å². The fraction of sp³-hybridized carbons (Fsp3) is 0.304. The van der Waals surface area contributed by atoms with E-state index in [2.05, 4.69) is 32.7 Å². The van der Waals surface area contributed by atoms with E-state index in [0.29, 0.717) is 18.7 Å². The van der Waals surface area contributed by atoms with Gasteiger partial charge >= 0.3 is 11.9 Å². The van der Waals surface area contributed by atoms with Crippen LogP contribution in [0.5, 0.6) is 0 Å². The Morgan fingerprint density at radius 2 is 1.91 bits per heavy atom. The molecule has 0 radical (unpaired) electrons. The SMILES string of the molecule is Cc1[nH]cnc1CN1CCc2c(c3cccc4c3n2CCC4)C1=O.O=C(O)/C=C\C(=O)O. The van der Waals surface area contributed by atoms with Crippen molar-refractivity contribution >= 4 is 28.7 Å². The van der Waals surface area contributed by atoms with Gasteiger partial charge in [0.05, 0.1) is 29.6 Å². The maximum absolute atomic E-state index is 13.2. The van der Waals surface area contributed by atoms with E-state index in [-0.39, 0.29) is 5.91 Å². The molecule has 0 unspecified atom stereocenters. The highest BCUT2D eigenvalue weighted by Gasteiger charge is 2.32. The molecular formula is C23H24N4O5. The van der Waals surface area contributed by atoms with E-state index >= 15 is 0 Å². The minimum Gasteiger partial charge on any atom is -0.478 e. The fourth-order valence-corrected chi connectivity index (χ4v) is 4.43. The summed E-state index contributed by atoms with van der Waals surface area (Å²) in [6.45, 7) is 4.39. The van der Waals surface area contributed by atoms with Gasteiger partial charge in [-0.25, -0.2) is 14.6 Å². The van der Waals surface area contributed by atoms with Gasteiger partial charge in [-0.2, -0.15) is 0 Å². The van der Waals surface area contributed by atoms with Crippen LogP contribution in [0.25, 0.3) is 10.9 Å². The summed E-state index contributed by atoms with van der Waals surface area (Å²) in [5, 5.41) is 16.8. The molecule has 4 heterocycles. The number of fused-ring (bicyclic) bond motifs is 3. The molecule has 166 valence electrons. The van der Waals surface area contributed by atoms with Gasteiger partial charge in [-0.1, -0.05) is 18.2 Å². The monoisotopic (exact) mass is 436 g/mol. The third-order valence-corrected chi connectivity index (χ3v) is 5.86. The Hall–Kier alpha value is -3.88. The number of hydrogen-bond acceptors (Lipinski definition) is 4. The van der Waals surface area contributed by atoms with Crippen molar-refractivity contribution in [3.05, 3.63) is 64.9 Å². The van der Waals surface area contributed by atoms with Gasteiger partial charge in [-0.05, 0) is 25.3 Å². The first kappa shape index (κ1) is 21.4. The maximum atomic E-state index is 13.2. The van der Waals surface area contributed by atoms with Crippen molar-refractivity contribution in [2.24, 2.45) is 0 Å². The number of carbonyl (C=O) groups is 3. The lowest BCUT2D eigenvalue weighted by molar-refractivity contribution is -0.134. The number of hydrogen-bond donors (Lipinski definition) is 3. The molecule has 9 heteroatoms. The number of carbonyl (C=O) groups excluding carboxylic acids is 1. The lowest BCUT2D eigenvalue weighted by Gasteiger charge is -2.28. The first-order chi connectivity index (χ1) is 15.4. The molecule has 1 amide bonds. The summed E-state index contributed by atoms with van der Waals surface area (Å²) in [6, 6.07) is 6.41. The lowest BCUT2D eigenvalue weighted by Crippen LogP contribution is -2.37. The molecule has 1 aromatic carbocycles. The van der Waals surface area contributed by atoms with Gasteiger partial charge in [0.15, 0.2) is 0 Å². The number of amides is 1. The maximum Gasteiger partial charge on any atom is 0.328 e. The second kappa shape index (κ2) is 8.70. The summed E-state index contributed by atoms with van der Waals surface area (Å²) in [5.41, 5.74) is 6.83. The number of aryl methyl sites for hydroxylation is 3. The van der Waals surface area contributed by atoms with E-state index in [4.69, 9.17) is 10.2 Å². The zero-order valence-corrected chi connectivity index (χ0v) is 17.7. The molecule has 2 aromatic heterocycles. The van der Waals surface area contributed by atoms with Crippen molar-refractivity contribution in [1.82, 2.24) is 19.4 Å². The number of aromatic amines is 1. The zero-order chi connectivity index (χ0) is 22.8. The Bertz CT molecular complexity index is 1220. The molecule has 32 heavy (non-hydrogen) atoms. The van der Waals surface area contributed by atoms with E-state index in [0.717, 1.165) is 54.7 Å². The molecule has 5 rings (SSSR count). The Labute approximate surface area is 184 Å². The Morgan fingerprint density at radius 1 is 1.16 bits per heavy atom. The summed E-state index contributed by atoms with van der Waals surface area (Å²) >= 11 is 0. The van der Waals surface area contributed by atoms with Crippen LogP contribution in [0.2, 0.25) is 0 Å². The third kappa shape index (κ3) is 4.01. The van der Waals surface area contributed by atoms with Crippen molar-refractivity contribution in [2.45, 2.75) is 39.3 Å². The molecule has 0 saturated carbocycles. The zero-order valence-electron chi connectivity index (χ0n) is 17.7. The molecule has 0 atom stereocenters. The van der Waals surface area contributed by atoms with Crippen molar-refractivity contribution in [1.29, 1.82) is 0 Å². The first-order valence-electron chi connectivity index (χ1n) is 10.4. The average molecular weight is 436 g/mol. The fourth-order valence-electron chi connectivity index (χ4n) is 4.43. The quantitative estimate of drug-likeness (QED) is 0.539. The molecular weight excluding hydrogens is 412 g/mol. The van der Waals surface area contributed by atoms with Crippen molar-refractivity contribution < 1.29 is 24.6 Å². The number of carboxylic acid groups (broad SMARTS) is 2. The molecule has 0 bridgehead atoms. The van der Waals surface area contributed by atoms with E-state index in [1.165, 1.54) is 16.8 Å². The highest BCUT2D eigenvalue weighted by molar-refractivity contribution is 6.10. The number of H-pyrrole nitrogens is 1. The number of nitrogens with zero attached hydrogens (tertiary/aromatic N) is 3. The van der Waals surface area contributed by atoms with Crippen LogP contribution in [0.1, 0.15) is 39.4 Å². The minimum absolute atomic E-state index is 0.154. The summed E-state index contributed by atoms with van der Waals surface area (Å²) in [5.74, 6) is -2.36. The minimum atomic E-state index is -1.26. The number of rotatable bonds is 4. The molecule has 3 N–H and O–H groups in total. The van der Waals surface area contributed by atoms with Crippen molar-refractivity contribution in [3.63, 3.8) is 0 Å². The van der Waals surface area contributed by atoms with Crippen LogP contribution < -0.4 is 0 Å². The summed E-state index contributed by atoms with van der Waals surface area (Å²) in [7, 11) is 0. The van der Waals surface area contributed by atoms with Gasteiger partial charge in [-0.3, -0.25) is 4.79 Å². The second-order valence-electron chi connectivity index (χ2n) is 7.85. The molecule has 2 aliphatic rings. The van der Waals surface area contributed by atoms with Gasteiger partial charge < -0.3 is 24.7 Å². The van der Waals surface area contributed by atoms with Crippen LogP contribution in [0.4, 0.5) is 0 Å². The number of nitrogens with one attached hydrogen (secondary N) is 1. The van der Waals surface area contributed by atoms with Crippen molar-refractivity contribution in [3.8, 4) is 0 Å². The average Bonchev–Trinajstić information content (AvgIpc) is 3.32. The van der Waals surface area contributed by atoms with Gasteiger partial charge in [0.1, 0.15) is 0 Å². The molecule has 0 fully saturated rings. The molecule has 0 spiro atoms. The normalized spacial score (nSPS) is 14.9. The van der Waals surface area contributed by atoms with Crippen LogP contribution in [0.15, 0.2) is 36.7 Å². The topological polar surface area (TPSA) is 129 Å². The molecule has 0 aliphatic carbocycles. The molecule has 9 nitrogen and oxygen atoms in total. The molecule has 3 aromatic rings. The van der Waals surface area contributed by atoms with E-state index in [1.54, 1.807) is 6.33 Å². The Kier molecular flexibility index (Phi) is 5.81. The molecule has 2 aliphatic heterocycles. The van der Waals surface area contributed by atoms with Crippen LogP contribution in [0.3, 0.4) is 0 Å².